The Morgan fingerprint density at radius 2 is 1.28 bits per heavy atom. The van der Waals surface area contributed by atoms with Gasteiger partial charge in [-0.05, 0) is 39.7 Å². The number of likely N-dealkylation sites (N-methyl/N-ethyl adjacent to an activating group) is 2. The first-order chi connectivity index (χ1) is 17.4. The predicted octanol–water partition coefficient (Wildman–Crippen LogP) is 3.04. The molecule has 2 atom stereocenters. The van der Waals surface area contributed by atoms with E-state index in [0.717, 1.165) is 43.1 Å². The Morgan fingerprint density at radius 1 is 0.795 bits per heavy atom. The fraction of sp³-hybridized carbons (Fsp3) is 0.613. The van der Waals surface area contributed by atoms with Gasteiger partial charge in [-0.3, -0.25) is 0 Å². The Morgan fingerprint density at radius 3 is 1.69 bits per heavy atom. The van der Waals surface area contributed by atoms with Crippen LogP contribution in [0, 0.1) is 0 Å². The number of hydrogen-bond donors (Lipinski definition) is 2. The molecule has 0 amide bonds. The number of hydrogen-bond acceptors (Lipinski definition) is 2. The molecule has 2 aromatic rings. The number of methoxy groups -OCH3 is 1. The first-order valence-corrected chi connectivity index (χ1v) is 19.9. The van der Waals surface area contributed by atoms with Crippen molar-refractivity contribution in [3.63, 3.8) is 0 Å². The summed E-state index contributed by atoms with van der Waals surface area (Å²) in [4.78, 5) is 2.80. The van der Waals surface area contributed by atoms with E-state index in [1.165, 1.54) is 20.9 Å². The molecule has 39 heavy (non-hydrogen) atoms. The van der Waals surface area contributed by atoms with Gasteiger partial charge in [0.25, 0.3) is 0 Å². The number of nitrogens with zero attached hydrogens (tertiary/aromatic N) is 1. The molecule has 0 aliphatic carbocycles. The molecule has 5 nitrogen and oxygen atoms in total. The molecular weight excluding hydrogens is 527 g/mol. The SMILES string of the molecule is COc1ccccc1C[NH+](C)CC[NH+](C)Cc1cc(C(C)(C)C)cc(C(C)(C)C)c1[O-].C[SiH](C)[N-][SiH](C)C.[Mg+2]. The van der Waals surface area contributed by atoms with Gasteiger partial charge >= 0.3 is 23.1 Å². The molecule has 0 saturated carbocycles. The minimum Gasteiger partial charge on any atom is -0.872 e. The first kappa shape index (κ1) is 38.1. The van der Waals surface area contributed by atoms with Crippen molar-refractivity contribution in [3.8, 4) is 11.5 Å². The van der Waals surface area contributed by atoms with E-state index in [2.05, 4.69) is 111 Å². The number of para-hydroxylation sites is 1. The second kappa shape index (κ2) is 17.2. The Balaban J connectivity index is 0.00000159. The molecule has 0 bridgehead atoms. The van der Waals surface area contributed by atoms with Gasteiger partial charge in [0, 0.05) is 5.56 Å². The van der Waals surface area contributed by atoms with Crippen LogP contribution < -0.4 is 19.6 Å². The third-order valence-corrected chi connectivity index (χ3v) is 11.4. The van der Waals surface area contributed by atoms with Crippen molar-refractivity contribution >= 4 is 41.0 Å². The quantitative estimate of drug-likeness (QED) is 0.423. The van der Waals surface area contributed by atoms with Crippen molar-refractivity contribution in [1.29, 1.82) is 0 Å². The molecule has 0 spiro atoms. The fourth-order valence-corrected chi connectivity index (χ4v) is 9.28. The second-order valence-corrected chi connectivity index (χ2v) is 19.0. The minimum atomic E-state index is -0.542. The van der Waals surface area contributed by atoms with Gasteiger partial charge in [-0.2, -0.15) is 0 Å². The number of ether oxygens (including phenoxy) is 1. The summed E-state index contributed by atoms with van der Waals surface area (Å²) in [5.74, 6) is 1.17. The average Bonchev–Trinajstić information content (AvgIpc) is 2.77. The first-order valence-electron chi connectivity index (χ1n) is 14.2. The van der Waals surface area contributed by atoms with Crippen LogP contribution >= 0.6 is 0 Å². The summed E-state index contributed by atoms with van der Waals surface area (Å²) in [6.45, 7) is 25.9. The van der Waals surface area contributed by atoms with Crippen molar-refractivity contribution in [3.05, 3.63) is 63.3 Å². The van der Waals surface area contributed by atoms with Gasteiger partial charge in [0.15, 0.2) is 0 Å². The normalized spacial score (nSPS) is 13.4. The van der Waals surface area contributed by atoms with Gasteiger partial charge in [-0.1, -0.05) is 116 Å². The van der Waals surface area contributed by atoms with Crippen LogP contribution in [0.2, 0.25) is 26.2 Å². The zero-order chi connectivity index (χ0) is 29.3. The number of rotatable bonds is 10. The minimum absolute atomic E-state index is 0. The fourth-order valence-electron chi connectivity index (χ4n) is 4.51. The van der Waals surface area contributed by atoms with Crippen LogP contribution in [0.3, 0.4) is 0 Å². The monoisotopic (exact) mass is 583 g/mol. The van der Waals surface area contributed by atoms with E-state index in [1.54, 1.807) is 7.11 Å². The van der Waals surface area contributed by atoms with Crippen LogP contribution in [0.15, 0.2) is 36.4 Å². The summed E-state index contributed by atoms with van der Waals surface area (Å²) in [6.07, 6.45) is 0. The molecule has 8 heteroatoms. The maximum absolute atomic E-state index is 13.2. The molecular formula is C31H57MgN3O2Si2+2. The van der Waals surface area contributed by atoms with E-state index >= 15 is 0 Å². The molecule has 216 valence electrons. The smallest absolute Gasteiger partial charge is 0.872 e. The Labute approximate surface area is 260 Å². The van der Waals surface area contributed by atoms with Crippen LogP contribution in [0.5, 0.6) is 11.5 Å². The van der Waals surface area contributed by atoms with E-state index in [4.69, 9.17) is 4.74 Å². The van der Waals surface area contributed by atoms with Gasteiger partial charge in [-0.15, -0.1) is 0 Å². The van der Waals surface area contributed by atoms with E-state index in [9.17, 15) is 5.11 Å². The van der Waals surface area contributed by atoms with Crippen LogP contribution in [-0.2, 0) is 23.9 Å². The Kier molecular flexibility index (Phi) is 16.8. The zero-order valence-corrected chi connectivity index (χ0v) is 31.1. The van der Waals surface area contributed by atoms with E-state index in [-0.39, 0.29) is 39.6 Å². The number of nitrogens with one attached hydrogen (secondary N) is 2. The zero-order valence-electron chi connectivity index (χ0n) is 27.4. The van der Waals surface area contributed by atoms with Crippen LogP contribution in [0.4, 0.5) is 0 Å². The molecule has 0 radical (unpaired) electrons. The van der Waals surface area contributed by atoms with Crippen molar-refractivity contribution in [2.24, 2.45) is 0 Å². The summed E-state index contributed by atoms with van der Waals surface area (Å²) >= 11 is 0. The maximum Gasteiger partial charge on any atom is 2.00 e. The van der Waals surface area contributed by atoms with Crippen LogP contribution in [-0.4, -0.2) is 75.3 Å². The Bertz CT molecular complexity index is 983. The van der Waals surface area contributed by atoms with Crippen LogP contribution in [0.1, 0.15) is 63.8 Å². The average molecular weight is 584 g/mol. The van der Waals surface area contributed by atoms with Crippen LogP contribution in [0.25, 0.3) is 4.65 Å². The summed E-state index contributed by atoms with van der Waals surface area (Å²) in [7, 11) is 5.05. The molecule has 2 N–H and O–H groups in total. The maximum atomic E-state index is 13.2. The molecule has 0 aliphatic heterocycles. The second-order valence-electron chi connectivity index (χ2n) is 13.4. The van der Waals surface area contributed by atoms with Crippen molar-refractivity contribution < 1.29 is 19.6 Å². The largest absolute Gasteiger partial charge is 2.00 e. The topological polar surface area (TPSA) is 55.3 Å². The van der Waals surface area contributed by atoms with Gasteiger partial charge in [-0.25, -0.2) is 0 Å². The molecule has 2 unspecified atom stereocenters. The predicted molar refractivity (Wildman–Crippen MR) is 174 cm³/mol. The third-order valence-electron chi connectivity index (χ3n) is 6.59. The molecule has 0 fully saturated rings. The van der Waals surface area contributed by atoms with Gasteiger partial charge in [0.05, 0.1) is 21.2 Å². The van der Waals surface area contributed by atoms with Crippen molar-refractivity contribution in [1.82, 2.24) is 0 Å². The van der Waals surface area contributed by atoms with E-state index in [1.807, 2.05) is 12.1 Å². The van der Waals surface area contributed by atoms with Gasteiger partial charge < -0.3 is 24.3 Å². The molecule has 0 aliphatic rings. The van der Waals surface area contributed by atoms with E-state index < -0.39 is 17.9 Å². The summed E-state index contributed by atoms with van der Waals surface area (Å²) in [6, 6.07) is 12.5. The van der Waals surface area contributed by atoms with Gasteiger partial charge in [0.2, 0.25) is 0 Å². The summed E-state index contributed by atoms with van der Waals surface area (Å²) in [5, 5.41) is 13.2. The van der Waals surface area contributed by atoms with E-state index in [0.29, 0.717) is 0 Å². The molecule has 0 aromatic heterocycles. The number of benzene rings is 2. The molecule has 2 aromatic carbocycles. The molecule has 0 heterocycles. The van der Waals surface area contributed by atoms with Gasteiger partial charge in [0.1, 0.15) is 31.9 Å². The standard InChI is InChI=1S/C27H42N2O2.C4H14NSi2.Mg/c1-26(2,3)22-16-21(25(30)23(17-22)27(4,5)6)19-29(8)15-14-28(7)18-20-12-10-11-13-24(20)31-9;1-6(2)5-7(3)4;/h10-13,16-17,30H,14-15,18-19H2,1-9H3;6-7H,1-4H3;/q;-1;+2/p+1. The molecule has 2 rings (SSSR count). The third kappa shape index (κ3) is 14.0. The number of quaternary nitrogens is 2. The Hall–Kier alpha value is -0.880. The summed E-state index contributed by atoms with van der Waals surface area (Å²) < 4.78 is 10.0. The molecule has 0 saturated heterocycles. The van der Waals surface area contributed by atoms with Crippen molar-refractivity contribution in [2.75, 3.05) is 34.3 Å². The summed E-state index contributed by atoms with van der Waals surface area (Å²) in [5.41, 5.74) is 4.22. The van der Waals surface area contributed by atoms with Crippen molar-refractivity contribution in [2.45, 2.75) is 91.6 Å².